The topological polar surface area (TPSA) is 59.6 Å². The highest BCUT2D eigenvalue weighted by Gasteiger charge is 2.18. The fourth-order valence-electron chi connectivity index (χ4n) is 3.12. The largest absolute Gasteiger partial charge is 0.387 e. The number of piperazine rings is 1. The molecule has 1 saturated heterocycles. The smallest absolute Gasteiger partial charge is 0.251 e. The number of aromatic amines is 1. The predicted molar refractivity (Wildman–Crippen MR) is 92.8 cm³/mol. The summed E-state index contributed by atoms with van der Waals surface area (Å²) in [7, 11) is 2.13. The molecule has 1 fully saturated rings. The summed E-state index contributed by atoms with van der Waals surface area (Å²) in [5.41, 5.74) is 2.49. The van der Waals surface area contributed by atoms with Crippen molar-refractivity contribution in [1.82, 2.24) is 14.8 Å². The van der Waals surface area contributed by atoms with Gasteiger partial charge in [0.05, 0.1) is 6.10 Å². The predicted octanol–water partition coefficient (Wildman–Crippen LogP) is 1.37. The summed E-state index contributed by atoms with van der Waals surface area (Å²) < 4.78 is 0. The van der Waals surface area contributed by atoms with Crippen LogP contribution in [0.3, 0.4) is 0 Å². The Balaban J connectivity index is 1.79. The number of rotatable bonds is 4. The zero-order chi connectivity index (χ0) is 16.4. The van der Waals surface area contributed by atoms with Gasteiger partial charge in [-0.1, -0.05) is 13.0 Å². The van der Waals surface area contributed by atoms with Crippen molar-refractivity contribution in [2.75, 3.05) is 39.8 Å². The zero-order valence-corrected chi connectivity index (χ0v) is 13.9. The number of β-amino-alcohol motifs (C(OH)–C–C–N with tert-alkyl or cyclic N) is 1. The summed E-state index contributed by atoms with van der Waals surface area (Å²) in [4.78, 5) is 19.4. The number of aromatic nitrogens is 1. The third kappa shape index (κ3) is 3.63. The highest BCUT2D eigenvalue weighted by molar-refractivity contribution is 5.79. The molecule has 2 heterocycles. The first kappa shape index (κ1) is 16.2. The van der Waals surface area contributed by atoms with E-state index in [0.717, 1.165) is 48.2 Å². The minimum absolute atomic E-state index is 0.0225. The maximum Gasteiger partial charge on any atom is 0.251 e. The van der Waals surface area contributed by atoms with Gasteiger partial charge in [-0.2, -0.15) is 0 Å². The van der Waals surface area contributed by atoms with Crippen molar-refractivity contribution in [1.29, 1.82) is 0 Å². The van der Waals surface area contributed by atoms with E-state index in [9.17, 15) is 9.90 Å². The number of aryl methyl sites for hydroxylation is 1. The van der Waals surface area contributed by atoms with Gasteiger partial charge in [-0.15, -0.1) is 0 Å². The Labute approximate surface area is 136 Å². The second-order valence-corrected chi connectivity index (χ2v) is 6.44. The summed E-state index contributed by atoms with van der Waals surface area (Å²) in [5, 5.41) is 11.5. The van der Waals surface area contributed by atoms with Crippen LogP contribution in [-0.2, 0) is 6.42 Å². The summed E-state index contributed by atoms with van der Waals surface area (Å²) in [6.45, 7) is 6.71. The number of benzene rings is 1. The van der Waals surface area contributed by atoms with Crippen LogP contribution < -0.4 is 5.56 Å². The van der Waals surface area contributed by atoms with Crippen molar-refractivity contribution in [2.24, 2.45) is 0 Å². The molecule has 1 aromatic heterocycles. The number of hydrogen-bond donors (Lipinski definition) is 2. The van der Waals surface area contributed by atoms with Crippen LogP contribution in [0, 0.1) is 0 Å². The average Bonchev–Trinajstić information content (AvgIpc) is 2.55. The van der Waals surface area contributed by atoms with Gasteiger partial charge < -0.3 is 15.0 Å². The van der Waals surface area contributed by atoms with Gasteiger partial charge in [0.15, 0.2) is 0 Å². The lowest BCUT2D eigenvalue weighted by molar-refractivity contribution is 0.0806. The highest BCUT2D eigenvalue weighted by atomic mass is 16.3. The van der Waals surface area contributed by atoms with Crippen LogP contribution in [0.4, 0.5) is 0 Å². The molecule has 5 nitrogen and oxygen atoms in total. The van der Waals surface area contributed by atoms with E-state index >= 15 is 0 Å². The van der Waals surface area contributed by atoms with Crippen LogP contribution in [0.1, 0.15) is 24.2 Å². The van der Waals surface area contributed by atoms with Crippen LogP contribution in [0.15, 0.2) is 29.1 Å². The Morgan fingerprint density at radius 1 is 1.22 bits per heavy atom. The Bertz CT molecular complexity index is 733. The molecule has 1 unspecified atom stereocenters. The summed E-state index contributed by atoms with van der Waals surface area (Å²) >= 11 is 0. The number of fused-ring (bicyclic) bond motifs is 1. The first-order valence-corrected chi connectivity index (χ1v) is 8.31. The fourth-order valence-corrected chi connectivity index (χ4v) is 3.12. The second-order valence-electron chi connectivity index (χ2n) is 6.44. The molecule has 1 aromatic carbocycles. The van der Waals surface area contributed by atoms with Gasteiger partial charge in [-0.05, 0) is 42.6 Å². The first-order chi connectivity index (χ1) is 11.1. The van der Waals surface area contributed by atoms with Crippen molar-refractivity contribution >= 4 is 10.9 Å². The maximum absolute atomic E-state index is 11.9. The summed E-state index contributed by atoms with van der Waals surface area (Å²) in [5.74, 6) is 0. The molecule has 0 bridgehead atoms. The third-order valence-electron chi connectivity index (χ3n) is 4.74. The van der Waals surface area contributed by atoms with Crippen LogP contribution in [-0.4, -0.2) is 59.7 Å². The number of likely N-dealkylation sites (N-methyl/N-ethyl adjacent to an activating group) is 1. The molecule has 0 amide bonds. The first-order valence-electron chi connectivity index (χ1n) is 8.31. The minimum atomic E-state index is -0.500. The van der Waals surface area contributed by atoms with E-state index in [-0.39, 0.29) is 5.56 Å². The van der Waals surface area contributed by atoms with Crippen molar-refractivity contribution in [2.45, 2.75) is 19.4 Å². The number of nitrogens with one attached hydrogen (secondary N) is 1. The van der Waals surface area contributed by atoms with E-state index in [1.54, 1.807) is 0 Å². The molecule has 1 aliphatic rings. The molecule has 0 spiro atoms. The molecule has 0 radical (unpaired) electrons. The minimum Gasteiger partial charge on any atom is -0.387 e. The number of nitrogens with zero attached hydrogens (tertiary/aromatic N) is 2. The molecule has 1 aliphatic heterocycles. The average molecular weight is 315 g/mol. The van der Waals surface area contributed by atoms with E-state index in [1.165, 1.54) is 0 Å². The van der Waals surface area contributed by atoms with Crippen molar-refractivity contribution < 1.29 is 5.11 Å². The molecule has 1 atom stereocenters. The van der Waals surface area contributed by atoms with Crippen LogP contribution in [0.2, 0.25) is 0 Å². The van der Waals surface area contributed by atoms with E-state index in [1.807, 2.05) is 31.2 Å². The molecule has 5 heteroatoms. The van der Waals surface area contributed by atoms with E-state index in [2.05, 4.69) is 21.8 Å². The second kappa shape index (κ2) is 6.83. The maximum atomic E-state index is 11.9. The Morgan fingerprint density at radius 2 is 1.96 bits per heavy atom. The quantitative estimate of drug-likeness (QED) is 0.895. The van der Waals surface area contributed by atoms with Gasteiger partial charge in [0.1, 0.15) is 0 Å². The number of aliphatic hydroxyl groups is 1. The molecular weight excluding hydrogens is 290 g/mol. The zero-order valence-electron chi connectivity index (χ0n) is 13.9. The van der Waals surface area contributed by atoms with Gasteiger partial charge >= 0.3 is 0 Å². The van der Waals surface area contributed by atoms with Crippen LogP contribution in [0.5, 0.6) is 0 Å². The van der Waals surface area contributed by atoms with Crippen molar-refractivity contribution in [3.8, 4) is 0 Å². The molecule has 2 aromatic rings. The van der Waals surface area contributed by atoms with Crippen LogP contribution >= 0.6 is 0 Å². The van der Waals surface area contributed by atoms with E-state index in [4.69, 9.17) is 0 Å². The molecule has 124 valence electrons. The summed E-state index contributed by atoms with van der Waals surface area (Å²) in [6.07, 6.45) is 0.208. The Hall–Kier alpha value is -1.69. The van der Waals surface area contributed by atoms with Gasteiger partial charge in [-0.3, -0.25) is 9.69 Å². The van der Waals surface area contributed by atoms with Gasteiger partial charge in [0, 0.05) is 43.8 Å². The lowest BCUT2D eigenvalue weighted by Gasteiger charge is -2.33. The SMILES string of the molecule is CCc1cc2cc(C(O)CN3CCN(C)CC3)ccc2[nH]c1=O. The number of hydrogen-bond acceptors (Lipinski definition) is 4. The number of pyridine rings is 1. The monoisotopic (exact) mass is 315 g/mol. The lowest BCUT2D eigenvalue weighted by atomic mass is 10.0. The highest BCUT2D eigenvalue weighted by Crippen LogP contribution is 2.20. The molecule has 2 N–H and O–H groups in total. The summed E-state index contributed by atoms with van der Waals surface area (Å²) in [6, 6.07) is 7.72. The standard InChI is InChI=1S/C18H25N3O2/c1-3-13-10-15-11-14(4-5-16(15)19-18(13)23)17(22)12-21-8-6-20(2)7-9-21/h4-5,10-11,17,22H,3,6-9,12H2,1-2H3,(H,19,23). The molecule has 23 heavy (non-hydrogen) atoms. The molecule has 0 aliphatic carbocycles. The van der Waals surface area contributed by atoms with Crippen LogP contribution in [0.25, 0.3) is 10.9 Å². The van der Waals surface area contributed by atoms with Gasteiger partial charge in [0.25, 0.3) is 5.56 Å². The Morgan fingerprint density at radius 3 is 2.65 bits per heavy atom. The normalized spacial score (nSPS) is 18.4. The molecular formula is C18H25N3O2. The van der Waals surface area contributed by atoms with E-state index in [0.29, 0.717) is 13.0 Å². The lowest BCUT2D eigenvalue weighted by Crippen LogP contribution is -2.45. The number of aliphatic hydroxyl groups excluding tert-OH is 1. The molecule has 3 rings (SSSR count). The Kier molecular flexibility index (Phi) is 4.80. The molecule has 0 saturated carbocycles. The fraction of sp³-hybridized carbons (Fsp3) is 0.500. The van der Waals surface area contributed by atoms with Crippen molar-refractivity contribution in [3.05, 3.63) is 45.7 Å². The van der Waals surface area contributed by atoms with Gasteiger partial charge in [-0.25, -0.2) is 0 Å². The van der Waals surface area contributed by atoms with Gasteiger partial charge in [0.2, 0.25) is 0 Å². The van der Waals surface area contributed by atoms with Crippen molar-refractivity contribution in [3.63, 3.8) is 0 Å². The third-order valence-corrected chi connectivity index (χ3v) is 4.74. The van der Waals surface area contributed by atoms with E-state index < -0.39 is 6.10 Å². The number of H-pyrrole nitrogens is 1.